The van der Waals surface area contributed by atoms with Crippen molar-refractivity contribution in [3.63, 3.8) is 0 Å². The van der Waals surface area contributed by atoms with Crippen LogP contribution in [0.2, 0.25) is 0 Å². The number of nitrogens with one attached hydrogen (secondary N) is 3. The van der Waals surface area contributed by atoms with Crippen LogP contribution in [-0.4, -0.2) is 35.3 Å². The number of carbonyl (C=O) groups excluding carboxylic acids is 4. The zero-order valence-electron chi connectivity index (χ0n) is 16.7. The molecule has 1 aliphatic heterocycles. The van der Waals surface area contributed by atoms with Crippen LogP contribution < -0.4 is 16.0 Å². The standard InChI is InChI=1S/C23H20N4O4/c1-23(18-13-7-9-15-8-5-6-12-17(15)18)20(29)27(22(31)26-23)14-19(28)25-21(30)24-16-10-3-2-4-11-16/h2-13H,14H2,1H3,(H,26,31)(H2,24,25,28,30). The SMILES string of the molecule is CC1(c2cccc3ccccc23)NC(=O)N(CC(=O)NC(=O)Nc2ccccc2)C1=O. The predicted molar refractivity (Wildman–Crippen MR) is 115 cm³/mol. The van der Waals surface area contributed by atoms with Crippen molar-refractivity contribution in [3.05, 3.63) is 78.4 Å². The van der Waals surface area contributed by atoms with E-state index in [1.54, 1.807) is 43.3 Å². The Morgan fingerprint density at radius 1 is 0.935 bits per heavy atom. The predicted octanol–water partition coefficient (Wildman–Crippen LogP) is 2.96. The summed E-state index contributed by atoms with van der Waals surface area (Å²) in [6.07, 6.45) is 0. The Morgan fingerprint density at radius 2 is 1.61 bits per heavy atom. The molecule has 3 N–H and O–H groups in total. The van der Waals surface area contributed by atoms with Gasteiger partial charge in [-0.15, -0.1) is 0 Å². The van der Waals surface area contributed by atoms with Crippen LogP contribution in [0, 0.1) is 0 Å². The van der Waals surface area contributed by atoms with E-state index in [0.717, 1.165) is 15.7 Å². The maximum atomic E-state index is 13.2. The second-order valence-corrected chi connectivity index (χ2v) is 7.34. The minimum atomic E-state index is -1.33. The van der Waals surface area contributed by atoms with Crippen LogP contribution in [0.3, 0.4) is 0 Å². The van der Waals surface area contributed by atoms with Crippen molar-refractivity contribution >= 4 is 40.3 Å². The molecule has 0 spiro atoms. The fourth-order valence-corrected chi connectivity index (χ4v) is 3.68. The number of benzene rings is 3. The minimum Gasteiger partial charge on any atom is -0.319 e. The zero-order chi connectivity index (χ0) is 22.0. The third-order valence-electron chi connectivity index (χ3n) is 5.19. The van der Waals surface area contributed by atoms with Gasteiger partial charge >= 0.3 is 12.1 Å². The highest BCUT2D eigenvalue weighted by atomic mass is 16.2. The summed E-state index contributed by atoms with van der Waals surface area (Å²) in [6.45, 7) is 1.03. The number of carbonyl (C=O) groups is 4. The second kappa shape index (κ2) is 7.91. The molecule has 156 valence electrons. The average molecular weight is 416 g/mol. The van der Waals surface area contributed by atoms with Crippen molar-refractivity contribution in [2.24, 2.45) is 0 Å². The molecule has 1 unspecified atom stereocenters. The molecular formula is C23H20N4O4. The fourth-order valence-electron chi connectivity index (χ4n) is 3.68. The number of hydrogen-bond donors (Lipinski definition) is 3. The summed E-state index contributed by atoms with van der Waals surface area (Å²) in [7, 11) is 0. The molecule has 1 fully saturated rings. The van der Waals surface area contributed by atoms with E-state index in [0.29, 0.717) is 11.3 Å². The maximum Gasteiger partial charge on any atom is 0.325 e. The topological polar surface area (TPSA) is 108 Å². The number of rotatable bonds is 4. The lowest BCUT2D eigenvalue weighted by Gasteiger charge is -2.24. The smallest absolute Gasteiger partial charge is 0.319 e. The highest BCUT2D eigenvalue weighted by Gasteiger charge is 2.50. The van der Waals surface area contributed by atoms with Crippen molar-refractivity contribution in [2.75, 3.05) is 11.9 Å². The number of hydrogen-bond acceptors (Lipinski definition) is 4. The number of fused-ring (bicyclic) bond motifs is 1. The summed E-state index contributed by atoms with van der Waals surface area (Å²) in [5, 5.41) is 9.09. The Morgan fingerprint density at radius 3 is 2.39 bits per heavy atom. The largest absolute Gasteiger partial charge is 0.325 e. The van der Waals surface area contributed by atoms with Gasteiger partial charge in [0.1, 0.15) is 12.1 Å². The molecule has 6 amide bonds. The molecule has 0 aliphatic carbocycles. The molecule has 1 aliphatic rings. The Balaban J connectivity index is 1.49. The van der Waals surface area contributed by atoms with Crippen LogP contribution in [0.4, 0.5) is 15.3 Å². The van der Waals surface area contributed by atoms with Gasteiger partial charge in [0, 0.05) is 5.69 Å². The van der Waals surface area contributed by atoms with Crippen molar-refractivity contribution in [2.45, 2.75) is 12.5 Å². The normalized spacial score (nSPS) is 18.0. The van der Waals surface area contributed by atoms with Gasteiger partial charge in [0.05, 0.1) is 0 Å². The number of urea groups is 2. The van der Waals surface area contributed by atoms with E-state index >= 15 is 0 Å². The van der Waals surface area contributed by atoms with Gasteiger partial charge in [-0.2, -0.15) is 0 Å². The van der Waals surface area contributed by atoms with Crippen molar-refractivity contribution in [1.29, 1.82) is 0 Å². The quantitative estimate of drug-likeness (QED) is 0.568. The maximum absolute atomic E-state index is 13.2. The lowest BCUT2D eigenvalue weighted by molar-refractivity contribution is -0.134. The molecule has 0 bridgehead atoms. The summed E-state index contributed by atoms with van der Waals surface area (Å²) in [5.41, 5.74) is -0.190. The average Bonchev–Trinajstić information content (AvgIpc) is 2.97. The zero-order valence-corrected chi connectivity index (χ0v) is 16.7. The van der Waals surface area contributed by atoms with Gasteiger partial charge in [0.15, 0.2) is 0 Å². The van der Waals surface area contributed by atoms with Gasteiger partial charge in [-0.3, -0.25) is 19.8 Å². The van der Waals surface area contributed by atoms with E-state index in [2.05, 4.69) is 16.0 Å². The van der Waals surface area contributed by atoms with Gasteiger partial charge in [0.2, 0.25) is 5.91 Å². The van der Waals surface area contributed by atoms with Crippen LogP contribution in [0.25, 0.3) is 10.8 Å². The molecule has 31 heavy (non-hydrogen) atoms. The van der Waals surface area contributed by atoms with Gasteiger partial charge in [0.25, 0.3) is 5.91 Å². The molecule has 1 atom stereocenters. The number of imide groups is 2. The summed E-state index contributed by atoms with van der Waals surface area (Å²) in [6, 6.07) is 20.2. The molecule has 8 heteroatoms. The fraction of sp³-hybridized carbons (Fsp3) is 0.130. The van der Waals surface area contributed by atoms with E-state index in [9.17, 15) is 19.2 Å². The Labute approximate surface area is 178 Å². The second-order valence-electron chi connectivity index (χ2n) is 7.34. The van der Waals surface area contributed by atoms with E-state index < -0.39 is 36.0 Å². The van der Waals surface area contributed by atoms with Crippen molar-refractivity contribution in [3.8, 4) is 0 Å². The summed E-state index contributed by atoms with van der Waals surface area (Å²) in [4.78, 5) is 50.8. The molecule has 3 aromatic carbocycles. The number of nitrogens with zero attached hydrogens (tertiary/aromatic N) is 1. The summed E-state index contributed by atoms with van der Waals surface area (Å²) < 4.78 is 0. The number of anilines is 1. The third-order valence-corrected chi connectivity index (χ3v) is 5.19. The van der Waals surface area contributed by atoms with E-state index in [1.165, 1.54) is 0 Å². The molecule has 1 heterocycles. The van der Waals surface area contributed by atoms with E-state index in [1.807, 2.05) is 36.4 Å². The highest BCUT2D eigenvalue weighted by Crippen LogP contribution is 2.33. The molecule has 0 radical (unpaired) electrons. The molecule has 0 saturated carbocycles. The van der Waals surface area contributed by atoms with Crippen LogP contribution in [0.15, 0.2) is 72.8 Å². The van der Waals surface area contributed by atoms with Gasteiger partial charge < -0.3 is 10.6 Å². The highest BCUT2D eigenvalue weighted by molar-refractivity contribution is 6.12. The Bertz CT molecular complexity index is 1190. The first-order valence-corrected chi connectivity index (χ1v) is 9.67. The van der Waals surface area contributed by atoms with Crippen LogP contribution >= 0.6 is 0 Å². The number of amides is 6. The van der Waals surface area contributed by atoms with E-state index in [4.69, 9.17) is 0 Å². The molecular weight excluding hydrogens is 396 g/mol. The van der Waals surface area contributed by atoms with Crippen molar-refractivity contribution < 1.29 is 19.2 Å². The third kappa shape index (κ3) is 3.83. The monoisotopic (exact) mass is 416 g/mol. The van der Waals surface area contributed by atoms with Crippen LogP contribution in [0.5, 0.6) is 0 Å². The van der Waals surface area contributed by atoms with Gasteiger partial charge in [-0.25, -0.2) is 9.59 Å². The van der Waals surface area contributed by atoms with Crippen molar-refractivity contribution in [1.82, 2.24) is 15.5 Å². The Kier molecular flexibility index (Phi) is 5.12. The minimum absolute atomic E-state index is 0.506. The lowest BCUT2D eigenvalue weighted by Crippen LogP contribution is -2.45. The first-order chi connectivity index (χ1) is 14.9. The van der Waals surface area contributed by atoms with Gasteiger partial charge in [-0.1, -0.05) is 60.7 Å². The molecule has 3 aromatic rings. The molecule has 0 aromatic heterocycles. The first kappa shape index (κ1) is 20.1. The molecule has 8 nitrogen and oxygen atoms in total. The molecule has 4 rings (SSSR count). The first-order valence-electron chi connectivity index (χ1n) is 9.67. The molecule has 1 saturated heterocycles. The number of para-hydroxylation sites is 1. The van der Waals surface area contributed by atoms with Crippen LogP contribution in [0.1, 0.15) is 12.5 Å². The van der Waals surface area contributed by atoms with Gasteiger partial charge in [-0.05, 0) is 35.4 Å². The summed E-state index contributed by atoms with van der Waals surface area (Å²) >= 11 is 0. The van der Waals surface area contributed by atoms with E-state index in [-0.39, 0.29) is 0 Å². The van der Waals surface area contributed by atoms with Crippen LogP contribution in [-0.2, 0) is 15.1 Å². The lowest BCUT2D eigenvalue weighted by atomic mass is 9.88. The Hall–Kier alpha value is -4.20. The summed E-state index contributed by atoms with van der Waals surface area (Å²) in [5.74, 6) is -1.34.